The number of phenols is 1. The molecule has 17 heavy (non-hydrogen) atoms. The topological polar surface area (TPSA) is 66.8 Å². The van der Waals surface area contributed by atoms with Gasteiger partial charge in [-0.1, -0.05) is 12.1 Å². The van der Waals surface area contributed by atoms with E-state index in [4.69, 9.17) is 0 Å². The first-order valence-corrected chi connectivity index (χ1v) is 5.11. The number of nitrogens with zero attached hydrogens (tertiary/aromatic N) is 1. The van der Waals surface area contributed by atoms with Crippen molar-refractivity contribution in [3.05, 3.63) is 29.8 Å². The van der Waals surface area contributed by atoms with Crippen molar-refractivity contribution in [2.24, 2.45) is 0 Å². The van der Waals surface area contributed by atoms with Gasteiger partial charge in [0.1, 0.15) is 12.3 Å². The zero-order chi connectivity index (χ0) is 12.8. The molecule has 92 valence electrons. The van der Waals surface area contributed by atoms with Crippen molar-refractivity contribution >= 4 is 11.9 Å². The van der Waals surface area contributed by atoms with Crippen LogP contribution in [0.1, 0.15) is 5.56 Å². The number of amides is 1. The van der Waals surface area contributed by atoms with E-state index in [0.717, 1.165) is 0 Å². The minimum atomic E-state index is -0.461. The van der Waals surface area contributed by atoms with E-state index in [1.54, 1.807) is 12.1 Å². The number of likely N-dealkylation sites (N-methyl/N-ethyl adjacent to an activating group) is 1. The molecule has 0 fully saturated rings. The minimum absolute atomic E-state index is 0.0752. The van der Waals surface area contributed by atoms with Crippen molar-refractivity contribution in [3.63, 3.8) is 0 Å². The molecule has 1 rings (SSSR count). The van der Waals surface area contributed by atoms with E-state index < -0.39 is 5.97 Å². The van der Waals surface area contributed by atoms with Crippen LogP contribution < -0.4 is 0 Å². The van der Waals surface area contributed by atoms with Crippen LogP contribution in [0.25, 0.3) is 0 Å². The Morgan fingerprint density at radius 3 is 2.71 bits per heavy atom. The van der Waals surface area contributed by atoms with E-state index in [2.05, 4.69) is 4.74 Å². The molecule has 0 aliphatic rings. The number of carbonyl (C=O) groups excluding carboxylic acids is 2. The number of methoxy groups -OCH3 is 1. The van der Waals surface area contributed by atoms with Gasteiger partial charge in [-0.05, 0) is 17.7 Å². The summed E-state index contributed by atoms with van der Waals surface area (Å²) in [4.78, 5) is 24.0. The number of benzene rings is 1. The molecule has 1 aromatic carbocycles. The summed E-state index contributed by atoms with van der Waals surface area (Å²) in [7, 11) is 2.80. The van der Waals surface area contributed by atoms with Crippen molar-refractivity contribution in [1.29, 1.82) is 0 Å². The lowest BCUT2D eigenvalue weighted by molar-refractivity contribution is -0.145. The molecule has 0 aromatic heterocycles. The zero-order valence-electron chi connectivity index (χ0n) is 9.84. The number of aromatic hydroxyl groups is 1. The van der Waals surface area contributed by atoms with Gasteiger partial charge in [0.25, 0.3) is 0 Å². The zero-order valence-corrected chi connectivity index (χ0v) is 9.84. The first-order chi connectivity index (χ1) is 8.02. The van der Waals surface area contributed by atoms with Gasteiger partial charge in [-0.15, -0.1) is 0 Å². The van der Waals surface area contributed by atoms with Crippen LogP contribution in [0.3, 0.4) is 0 Å². The van der Waals surface area contributed by atoms with Gasteiger partial charge in [0.2, 0.25) is 5.91 Å². The molecule has 0 saturated carbocycles. The third-order valence-corrected chi connectivity index (χ3v) is 2.29. The van der Waals surface area contributed by atoms with E-state index in [9.17, 15) is 14.7 Å². The maximum absolute atomic E-state index is 11.7. The summed E-state index contributed by atoms with van der Waals surface area (Å²) in [6, 6.07) is 6.46. The molecular formula is C12H15NO4. The Kier molecular flexibility index (Phi) is 4.51. The van der Waals surface area contributed by atoms with Gasteiger partial charge in [-0.25, -0.2) is 0 Å². The van der Waals surface area contributed by atoms with Gasteiger partial charge in [-0.3, -0.25) is 9.59 Å². The van der Waals surface area contributed by atoms with E-state index in [-0.39, 0.29) is 24.6 Å². The Morgan fingerprint density at radius 2 is 2.12 bits per heavy atom. The molecule has 0 aliphatic heterocycles. The van der Waals surface area contributed by atoms with Crippen LogP contribution in [0.4, 0.5) is 0 Å². The summed E-state index contributed by atoms with van der Waals surface area (Å²) >= 11 is 0. The number of hydrogen-bond acceptors (Lipinski definition) is 4. The van der Waals surface area contributed by atoms with Gasteiger partial charge in [-0.2, -0.15) is 0 Å². The van der Waals surface area contributed by atoms with Crippen molar-refractivity contribution in [2.45, 2.75) is 6.42 Å². The molecule has 5 heteroatoms. The normalized spacial score (nSPS) is 9.76. The van der Waals surface area contributed by atoms with E-state index >= 15 is 0 Å². The molecule has 0 atom stereocenters. The highest BCUT2D eigenvalue weighted by molar-refractivity contribution is 5.83. The van der Waals surface area contributed by atoms with Gasteiger partial charge < -0.3 is 14.7 Å². The Hall–Kier alpha value is -2.04. The molecular weight excluding hydrogens is 222 g/mol. The molecule has 5 nitrogen and oxygen atoms in total. The molecule has 0 bridgehead atoms. The first kappa shape index (κ1) is 13.0. The van der Waals surface area contributed by atoms with Crippen LogP contribution >= 0.6 is 0 Å². The fourth-order valence-corrected chi connectivity index (χ4v) is 1.32. The lowest BCUT2D eigenvalue weighted by Crippen LogP contribution is -2.33. The lowest BCUT2D eigenvalue weighted by Gasteiger charge is -2.15. The highest BCUT2D eigenvalue weighted by Crippen LogP contribution is 2.11. The number of ether oxygens (including phenoxy) is 1. The van der Waals surface area contributed by atoms with Crippen molar-refractivity contribution < 1.29 is 19.4 Å². The average molecular weight is 237 g/mol. The monoisotopic (exact) mass is 237 g/mol. The van der Waals surface area contributed by atoms with Crippen LogP contribution in [0.2, 0.25) is 0 Å². The van der Waals surface area contributed by atoms with Crippen LogP contribution in [-0.2, 0) is 20.7 Å². The second-order valence-corrected chi connectivity index (χ2v) is 3.67. The van der Waals surface area contributed by atoms with E-state index in [1.807, 2.05) is 0 Å². The summed E-state index contributed by atoms with van der Waals surface area (Å²) in [5, 5.41) is 9.25. The Labute approximate surface area is 99.6 Å². The molecule has 0 saturated heterocycles. The molecule has 0 radical (unpaired) electrons. The van der Waals surface area contributed by atoms with E-state index in [1.165, 1.54) is 31.2 Å². The SMILES string of the molecule is COC(=O)CN(C)C(=O)Cc1cccc(O)c1. The standard InChI is InChI=1S/C12H15NO4/c1-13(8-12(16)17-2)11(15)7-9-4-3-5-10(14)6-9/h3-6,14H,7-8H2,1-2H3. The summed E-state index contributed by atoms with van der Waals surface area (Å²) in [6.45, 7) is -0.0752. The predicted molar refractivity (Wildman–Crippen MR) is 61.5 cm³/mol. The molecule has 0 spiro atoms. The number of rotatable bonds is 4. The summed E-state index contributed by atoms with van der Waals surface area (Å²) in [5.74, 6) is -0.552. The van der Waals surface area contributed by atoms with Gasteiger partial charge >= 0.3 is 5.97 Å². The predicted octanol–water partition coefficient (Wildman–Crippen LogP) is 0.566. The first-order valence-electron chi connectivity index (χ1n) is 5.11. The van der Waals surface area contributed by atoms with E-state index in [0.29, 0.717) is 5.56 Å². The maximum Gasteiger partial charge on any atom is 0.325 e. The van der Waals surface area contributed by atoms with Crippen LogP contribution in [0, 0.1) is 0 Å². The van der Waals surface area contributed by atoms with Crippen molar-refractivity contribution in [3.8, 4) is 5.75 Å². The third-order valence-electron chi connectivity index (χ3n) is 2.29. The van der Waals surface area contributed by atoms with Crippen LogP contribution in [0.5, 0.6) is 5.75 Å². The highest BCUT2D eigenvalue weighted by Gasteiger charge is 2.13. The second-order valence-electron chi connectivity index (χ2n) is 3.67. The molecule has 1 N–H and O–H groups in total. The largest absolute Gasteiger partial charge is 0.508 e. The summed E-state index contributed by atoms with van der Waals surface area (Å²) in [6.07, 6.45) is 0.141. The maximum atomic E-state index is 11.7. The molecule has 1 aromatic rings. The number of hydrogen-bond donors (Lipinski definition) is 1. The van der Waals surface area contributed by atoms with Crippen molar-refractivity contribution in [2.75, 3.05) is 20.7 Å². The molecule has 0 heterocycles. The quantitative estimate of drug-likeness (QED) is 0.777. The Morgan fingerprint density at radius 1 is 1.41 bits per heavy atom. The number of phenolic OH excluding ortho intramolecular Hbond substituents is 1. The third kappa shape index (κ3) is 4.14. The Balaban J connectivity index is 2.57. The van der Waals surface area contributed by atoms with Crippen LogP contribution in [0.15, 0.2) is 24.3 Å². The minimum Gasteiger partial charge on any atom is -0.508 e. The van der Waals surface area contributed by atoms with Gasteiger partial charge in [0.15, 0.2) is 0 Å². The fourth-order valence-electron chi connectivity index (χ4n) is 1.32. The molecule has 0 aliphatic carbocycles. The second kappa shape index (κ2) is 5.89. The van der Waals surface area contributed by atoms with Gasteiger partial charge in [0, 0.05) is 7.05 Å². The van der Waals surface area contributed by atoms with Crippen molar-refractivity contribution in [1.82, 2.24) is 4.90 Å². The van der Waals surface area contributed by atoms with Gasteiger partial charge in [0.05, 0.1) is 13.5 Å². The summed E-state index contributed by atoms with van der Waals surface area (Å²) in [5.41, 5.74) is 0.701. The molecule has 0 unspecified atom stereocenters. The summed E-state index contributed by atoms with van der Waals surface area (Å²) < 4.78 is 4.47. The lowest BCUT2D eigenvalue weighted by atomic mass is 10.1. The fraction of sp³-hybridized carbons (Fsp3) is 0.333. The smallest absolute Gasteiger partial charge is 0.325 e. The number of carbonyl (C=O) groups is 2. The number of esters is 1. The Bertz CT molecular complexity index is 417. The van der Waals surface area contributed by atoms with Crippen LogP contribution in [-0.4, -0.2) is 42.6 Å². The average Bonchev–Trinajstić information content (AvgIpc) is 2.28. The highest BCUT2D eigenvalue weighted by atomic mass is 16.5. The molecule has 1 amide bonds.